The first kappa shape index (κ1) is 18.9. The summed E-state index contributed by atoms with van der Waals surface area (Å²) in [7, 11) is 1.86. The molecule has 0 rings (SSSR count). The maximum atomic E-state index is 5.94. The molecule has 0 spiro atoms. The fraction of sp³-hybridized carbons (Fsp3) is 0.722. The molecule has 116 valence electrons. The van der Waals surface area contributed by atoms with Crippen molar-refractivity contribution in [2.24, 2.45) is 4.99 Å². The SMILES string of the molecule is C/C=C(/OCCCCCC)C(=NC)/C(=C/CCC)CC. The molecule has 0 radical (unpaired) electrons. The Bertz CT molecular complexity index is 326. The van der Waals surface area contributed by atoms with Crippen molar-refractivity contribution < 1.29 is 4.74 Å². The highest BCUT2D eigenvalue weighted by Crippen LogP contribution is 2.15. The number of unbranched alkanes of at least 4 members (excludes halogenated alkanes) is 4. The number of allylic oxidation sites excluding steroid dienone is 3. The number of ether oxygens (including phenoxy) is 1. The fourth-order valence-electron chi connectivity index (χ4n) is 2.14. The summed E-state index contributed by atoms with van der Waals surface area (Å²) in [5.41, 5.74) is 2.33. The highest BCUT2D eigenvalue weighted by atomic mass is 16.5. The van der Waals surface area contributed by atoms with Crippen LogP contribution >= 0.6 is 0 Å². The van der Waals surface area contributed by atoms with Gasteiger partial charge in [0.2, 0.25) is 0 Å². The molecule has 0 saturated carbocycles. The molecule has 0 aliphatic rings. The summed E-state index contributed by atoms with van der Waals surface area (Å²) in [4.78, 5) is 4.45. The number of hydrogen-bond donors (Lipinski definition) is 0. The van der Waals surface area contributed by atoms with Crippen LogP contribution in [0.15, 0.2) is 28.5 Å². The summed E-state index contributed by atoms with van der Waals surface area (Å²) in [6.07, 6.45) is 12.5. The molecule has 0 aliphatic heterocycles. The molecule has 20 heavy (non-hydrogen) atoms. The molecule has 0 amide bonds. The summed E-state index contributed by atoms with van der Waals surface area (Å²) >= 11 is 0. The van der Waals surface area contributed by atoms with E-state index in [9.17, 15) is 0 Å². The lowest BCUT2D eigenvalue weighted by Gasteiger charge is -2.14. The zero-order chi connectivity index (χ0) is 15.2. The van der Waals surface area contributed by atoms with E-state index in [-0.39, 0.29) is 0 Å². The Kier molecular flexibility index (Phi) is 12.3. The molecule has 0 aromatic carbocycles. The third-order valence-electron chi connectivity index (χ3n) is 3.34. The summed E-state index contributed by atoms with van der Waals surface area (Å²) in [6, 6.07) is 0. The van der Waals surface area contributed by atoms with Gasteiger partial charge in [-0.15, -0.1) is 0 Å². The van der Waals surface area contributed by atoms with E-state index < -0.39 is 0 Å². The Morgan fingerprint density at radius 3 is 2.30 bits per heavy atom. The lowest BCUT2D eigenvalue weighted by atomic mass is 10.0. The second-order valence-electron chi connectivity index (χ2n) is 5.01. The van der Waals surface area contributed by atoms with Gasteiger partial charge in [0.05, 0.1) is 6.61 Å². The average molecular weight is 279 g/mol. The number of nitrogens with zero attached hydrogens (tertiary/aromatic N) is 1. The fourth-order valence-corrected chi connectivity index (χ4v) is 2.14. The number of hydrogen-bond acceptors (Lipinski definition) is 2. The van der Waals surface area contributed by atoms with Crippen molar-refractivity contribution in [3.05, 3.63) is 23.5 Å². The van der Waals surface area contributed by atoms with Gasteiger partial charge in [-0.1, -0.05) is 52.5 Å². The molecule has 0 heterocycles. The molecule has 0 atom stereocenters. The number of rotatable bonds is 11. The van der Waals surface area contributed by atoms with E-state index in [1.807, 2.05) is 20.0 Å². The summed E-state index contributed by atoms with van der Waals surface area (Å²) in [6.45, 7) is 9.43. The Hall–Kier alpha value is -1.05. The van der Waals surface area contributed by atoms with Gasteiger partial charge in [0.1, 0.15) is 11.5 Å². The van der Waals surface area contributed by atoms with Crippen molar-refractivity contribution in [2.45, 2.75) is 72.6 Å². The van der Waals surface area contributed by atoms with Crippen molar-refractivity contribution in [3.8, 4) is 0 Å². The standard InChI is InChI=1S/C18H33NO/c1-6-10-12-13-15-20-17(9-4)18(19-5)16(8-3)14-11-7-2/h9,14H,6-8,10-13,15H2,1-5H3/b16-14+,17-9+,19-18?. The Morgan fingerprint density at radius 2 is 1.80 bits per heavy atom. The molecule has 2 heteroatoms. The second-order valence-corrected chi connectivity index (χ2v) is 5.01. The van der Waals surface area contributed by atoms with Crippen LogP contribution < -0.4 is 0 Å². The molecule has 0 aliphatic carbocycles. The average Bonchev–Trinajstić information content (AvgIpc) is 2.48. The van der Waals surface area contributed by atoms with Gasteiger partial charge in [-0.2, -0.15) is 0 Å². The highest BCUT2D eigenvalue weighted by Gasteiger charge is 2.11. The zero-order valence-electron chi connectivity index (χ0n) is 14.2. The van der Waals surface area contributed by atoms with Crippen LogP contribution in [0.4, 0.5) is 0 Å². The minimum atomic E-state index is 0.795. The molecule has 0 saturated heterocycles. The topological polar surface area (TPSA) is 21.6 Å². The van der Waals surface area contributed by atoms with E-state index in [1.165, 1.54) is 31.3 Å². The molecule has 0 bridgehead atoms. The van der Waals surface area contributed by atoms with Gasteiger partial charge in [0, 0.05) is 7.05 Å². The van der Waals surface area contributed by atoms with Gasteiger partial charge in [0.15, 0.2) is 0 Å². The third kappa shape index (κ3) is 7.52. The Morgan fingerprint density at radius 1 is 1.05 bits per heavy atom. The predicted octanol–water partition coefficient (Wildman–Crippen LogP) is 5.69. The van der Waals surface area contributed by atoms with Crippen LogP contribution in [0.25, 0.3) is 0 Å². The van der Waals surface area contributed by atoms with Gasteiger partial charge >= 0.3 is 0 Å². The lowest BCUT2D eigenvalue weighted by Crippen LogP contribution is -2.11. The first-order chi connectivity index (χ1) is 9.74. The summed E-state index contributed by atoms with van der Waals surface area (Å²) < 4.78 is 5.94. The second kappa shape index (κ2) is 13.0. The number of aliphatic imine (C=N–C) groups is 1. The molecular formula is C18H33NO. The van der Waals surface area contributed by atoms with Gasteiger partial charge in [-0.05, 0) is 37.8 Å². The normalized spacial score (nSPS) is 13.8. The first-order valence-corrected chi connectivity index (χ1v) is 8.20. The van der Waals surface area contributed by atoms with Crippen LogP contribution in [0.3, 0.4) is 0 Å². The first-order valence-electron chi connectivity index (χ1n) is 8.20. The minimum absolute atomic E-state index is 0.795. The molecule has 2 nitrogen and oxygen atoms in total. The van der Waals surface area contributed by atoms with Crippen molar-refractivity contribution >= 4 is 5.71 Å². The highest BCUT2D eigenvalue weighted by molar-refractivity contribution is 6.10. The zero-order valence-corrected chi connectivity index (χ0v) is 14.2. The maximum Gasteiger partial charge on any atom is 0.140 e. The predicted molar refractivity (Wildman–Crippen MR) is 90.5 cm³/mol. The van der Waals surface area contributed by atoms with Gasteiger partial charge in [0.25, 0.3) is 0 Å². The van der Waals surface area contributed by atoms with Crippen LogP contribution in [0.2, 0.25) is 0 Å². The van der Waals surface area contributed by atoms with E-state index >= 15 is 0 Å². The largest absolute Gasteiger partial charge is 0.492 e. The van der Waals surface area contributed by atoms with E-state index in [0.717, 1.165) is 37.3 Å². The van der Waals surface area contributed by atoms with Crippen LogP contribution in [-0.2, 0) is 4.74 Å². The molecular weight excluding hydrogens is 246 g/mol. The third-order valence-corrected chi connectivity index (χ3v) is 3.34. The van der Waals surface area contributed by atoms with Crippen LogP contribution in [0.5, 0.6) is 0 Å². The van der Waals surface area contributed by atoms with Crippen LogP contribution in [0.1, 0.15) is 72.6 Å². The molecule has 0 N–H and O–H groups in total. The van der Waals surface area contributed by atoms with Gasteiger partial charge < -0.3 is 4.74 Å². The van der Waals surface area contributed by atoms with E-state index in [1.54, 1.807) is 0 Å². The minimum Gasteiger partial charge on any atom is -0.492 e. The smallest absolute Gasteiger partial charge is 0.140 e. The summed E-state index contributed by atoms with van der Waals surface area (Å²) in [5.74, 6) is 0.938. The Labute approximate surface area is 126 Å². The molecule has 0 fully saturated rings. The van der Waals surface area contributed by atoms with Crippen LogP contribution in [-0.4, -0.2) is 19.4 Å². The monoisotopic (exact) mass is 279 g/mol. The maximum absolute atomic E-state index is 5.94. The summed E-state index contributed by atoms with van der Waals surface area (Å²) in [5, 5.41) is 0. The van der Waals surface area contributed by atoms with E-state index in [0.29, 0.717) is 0 Å². The van der Waals surface area contributed by atoms with Crippen molar-refractivity contribution in [1.29, 1.82) is 0 Å². The molecule has 0 aromatic heterocycles. The van der Waals surface area contributed by atoms with E-state index in [2.05, 4.69) is 31.8 Å². The Balaban J connectivity index is 4.58. The van der Waals surface area contributed by atoms with Gasteiger partial charge in [-0.25, -0.2) is 0 Å². The van der Waals surface area contributed by atoms with E-state index in [4.69, 9.17) is 4.74 Å². The van der Waals surface area contributed by atoms with Crippen molar-refractivity contribution in [1.82, 2.24) is 0 Å². The quantitative estimate of drug-likeness (QED) is 0.270. The van der Waals surface area contributed by atoms with Gasteiger partial charge in [-0.3, -0.25) is 4.99 Å². The molecule has 0 unspecified atom stereocenters. The van der Waals surface area contributed by atoms with Crippen molar-refractivity contribution in [2.75, 3.05) is 13.7 Å². The lowest BCUT2D eigenvalue weighted by molar-refractivity contribution is 0.222. The molecule has 0 aromatic rings. The van der Waals surface area contributed by atoms with Crippen molar-refractivity contribution in [3.63, 3.8) is 0 Å². The van der Waals surface area contributed by atoms with Crippen LogP contribution in [0, 0.1) is 0 Å².